The van der Waals surface area contributed by atoms with Gasteiger partial charge in [0.05, 0.1) is 5.70 Å². The fourth-order valence-corrected chi connectivity index (χ4v) is 1.42. The number of aromatic nitrogens is 2. The molecule has 0 radical (unpaired) electrons. The average molecular weight is 223 g/mol. The van der Waals surface area contributed by atoms with E-state index in [-0.39, 0.29) is 12.5 Å². The van der Waals surface area contributed by atoms with Gasteiger partial charge in [-0.25, -0.2) is 0 Å². The molecule has 0 aromatic carbocycles. The van der Waals surface area contributed by atoms with Crippen molar-refractivity contribution in [3.8, 4) is 0 Å². The molecule has 1 aromatic rings. The summed E-state index contributed by atoms with van der Waals surface area (Å²) in [5, 5.41) is 7.62. The predicted octanol–water partition coefficient (Wildman–Crippen LogP) is -0.464. The SMILES string of the molecule is COCc1nnc(C2=NC(C)(N)C=C2N)o1. The molecular formula is C9H13N5O2. The third kappa shape index (κ3) is 1.95. The van der Waals surface area contributed by atoms with E-state index in [1.54, 1.807) is 20.1 Å². The third-order valence-corrected chi connectivity index (χ3v) is 2.01. The second kappa shape index (κ2) is 3.69. The molecule has 7 heteroatoms. The highest BCUT2D eigenvalue weighted by Crippen LogP contribution is 2.19. The standard InChI is InChI=1S/C9H13N5O2/c1-9(11)3-5(10)7(12-9)8-14-13-6(16-8)4-15-2/h3H,4,10-11H2,1-2H3. The molecule has 16 heavy (non-hydrogen) atoms. The van der Waals surface area contributed by atoms with E-state index < -0.39 is 5.66 Å². The van der Waals surface area contributed by atoms with Crippen LogP contribution in [0.1, 0.15) is 18.7 Å². The van der Waals surface area contributed by atoms with Gasteiger partial charge in [-0.15, -0.1) is 10.2 Å². The molecule has 1 aliphatic rings. The fourth-order valence-electron chi connectivity index (χ4n) is 1.42. The molecule has 1 aromatic heterocycles. The lowest BCUT2D eigenvalue weighted by atomic mass is 10.2. The van der Waals surface area contributed by atoms with E-state index in [0.29, 0.717) is 17.3 Å². The summed E-state index contributed by atoms with van der Waals surface area (Å²) in [7, 11) is 1.54. The smallest absolute Gasteiger partial charge is 0.268 e. The average Bonchev–Trinajstić information content (AvgIpc) is 2.71. The summed E-state index contributed by atoms with van der Waals surface area (Å²) in [5.41, 5.74) is 11.6. The Morgan fingerprint density at radius 1 is 1.50 bits per heavy atom. The highest BCUT2D eigenvalue weighted by Gasteiger charge is 2.28. The van der Waals surface area contributed by atoms with E-state index >= 15 is 0 Å². The molecule has 1 unspecified atom stereocenters. The van der Waals surface area contributed by atoms with Crippen molar-refractivity contribution in [2.45, 2.75) is 19.2 Å². The van der Waals surface area contributed by atoms with Crippen LogP contribution in [0.2, 0.25) is 0 Å². The van der Waals surface area contributed by atoms with Crippen LogP contribution in [0, 0.1) is 0 Å². The van der Waals surface area contributed by atoms with Gasteiger partial charge >= 0.3 is 0 Å². The zero-order chi connectivity index (χ0) is 11.8. The van der Waals surface area contributed by atoms with E-state index in [2.05, 4.69) is 15.2 Å². The molecular weight excluding hydrogens is 210 g/mol. The van der Waals surface area contributed by atoms with Crippen LogP contribution in [-0.2, 0) is 11.3 Å². The minimum absolute atomic E-state index is 0.254. The Kier molecular flexibility index (Phi) is 2.49. The zero-order valence-electron chi connectivity index (χ0n) is 9.10. The minimum Gasteiger partial charge on any atom is -0.417 e. The van der Waals surface area contributed by atoms with Gasteiger partial charge in [0.1, 0.15) is 18.0 Å². The number of nitrogens with zero attached hydrogens (tertiary/aromatic N) is 3. The zero-order valence-corrected chi connectivity index (χ0v) is 9.10. The van der Waals surface area contributed by atoms with E-state index in [4.69, 9.17) is 20.6 Å². The lowest BCUT2D eigenvalue weighted by molar-refractivity contribution is 0.159. The quantitative estimate of drug-likeness (QED) is 0.716. The van der Waals surface area contributed by atoms with Gasteiger partial charge in [0.25, 0.3) is 5.89 Å². The second-order valence-electron chi connectivity index (χ2n) is 3.72. The monoisotopic (exact) mass is 223 g/mol. The molecule has 2 heterocycles. The predicted molar refractivity (Wildman–Crippen MR) is 56.4 cm³/mol. The first-order valence-electron chi connectivity index (χ1n) is 4.71. The van der Waals surface area contributed by atoms with Crippen molar-refractivity contribution in [1.29, 1.82) is 0 Å². The molecule has 4 N–H and O–H groups in total. The van der Waals surface area contributed by atoms with Gasteiger partial charge in [0.2, 0.25) is 5.89 Å². The minimum atomic E-state index is -0.810. The van der Waals surface area contributed by atoms with Gasteiger partial charge in [-0.1, -0.05) is 0 Å². The highest BCUT2D eigenvalue weighted by atomic mass is 16.5. The number of hydrogen-bond acceptors (Lipinski definition) is 7. The number of aliphatic imine (C=N–C) groups is 1. The molecule has 1 aliphatic heterocycles. The maximum Gasteiger partial charge on any atom is 0.268 e. The Morgan fingerprint density at radius 2 is 2.25 bits per heavy atom. The van der Waals surface area contributed by atoms with Gasteiger partial charge in [-0.3, -0.25) is 4.99 Å². The third-order valence-electron chi connectivity index (χ3n) is 2.01. The van der Waals surface area contributed by atoms with Crippen LogP contribution in [0.3, 0.4) is 0 Å². The fraction of sp³-hybridized carbons (Fsp3) is 0.444. The molecule has 0 saturated heterocycles. The number of hydrogen-bond donors (Lipinski definition) is 2. The summed E-state index contributed by atoms with van der Waals surface area (Å²) in [4.78, 5) is 4.18. The highest BCUT2D eigenvalue weighted by molar-refractivity contribution is 6.10. The molecule has 86 valence electrons. The number of allylic oxidation sites excluding steroid dienone is 1. The van der Waals surface area contributed by atoms with Gasteiger partial charge in [-0.2, -0.15) is 0 Å². The first-order valence-corrected chi connectivity index (χ1v) is 4.71. The van der Waals surface area contributed by atoms with Gasteiger partial charge in [0.15, 0.2) is 0 Å². The summed E-state index contributed by atoms with van der Waals surface area (Å²) in [5.74, 6) is 0.633. The van der Waals surface area contributed by atoms with Crippen molar-refractivity contribution >= 4 is 5.71 Å². The lowest BCUT2D eigenvalue weighted by Gasteiger charge is -2.08. The Bertz CT molecular complexity index is 460. The molecule has 0 fully saturated rings. The van der Waals surface area contributed by atoms with Crippen molar-refractivity contribution < 1.29 is 9.15 Å². The molecule has 7 nitrogen and oxygen atoms in total. The van der Waals surface area contributed by atoms with Crippen molar-refractivity contribution in [3.63, 3.8) is 0 Å². The molecule has 0 bridgehead atoms. The molecule has 0 aliphatic carbocycles. The molecule has 0 amide bonds. The van der Waals surface area contributed by atoms with Crippen molar-refractivity contribution in [1.82, 2.24) is 10.2 Å². The van der Waals surface area contributed by atoms with Crippen molar-refractivity contribution in [3.05, 3.63) is 23.6 Å². The summed E-state index contributed by atoms with van der Waals surface area (Å²) in [6.07, 6.45) is 1.64. The van der Waals surface area contributed by atoms with Crippen LogP contribution in [0.15, 0.2) is 21.2 Å². The van der Waals surface area contributed by atoms with E-state index in [9.17, 15) is 0 Å². The number of ether oxygens (including phenoxy) is 1. The van der Waals surface area contributed by atoms with Crippen LogP contribution in [0.4, 0.5) is 0 Å². The number of methoxy groups -OCH3 is 1. The van der Waals surface area contributed by atoms with Crippen LogP contribution in [0.25, 0.3) is 0 Å². The summed E-state index contributed by atoms with van der Waals surface area (Å²) in [6.45, 7) is 1.99. The number of rotatable bonds is 3. The number of nitrogens with two attached hydrogens (primary N) is 2. The summed E-state index contributed by atoms with van der Waals surface area (Å²) in [6, 6.07) is 0. The van der Waals surface area contributed by atoms with Gasteiger partial charge in [0, 0.05) is 7.11 Å². The second-order valence-corrected chi connectivity index (χ2v) is 3.72. The lowest BCUT2D eigenvalue weighted by Crippen LogP contribution is -2.29. The van der Waals surface area contributed by atoms with Crippen molar-refractivity contribution in [2.24, 2.45) is 16.5 Å². The Hall–Kier alpha value is -1.73. The molecule has 0 spiro atoms. The van der Waals surface area contributed by atoms with Crippen molar-refractivity contribution in [2.75, 3.05) is 7.11 Å². The maximum atomic E-state index is 5.80. The van der Waals surface area contributed by atoms with Gasteiger partial charge in [-0.05, 0) is 13.0 Å². The molecule has 1 atom stereocenters. The van der Waals surface area contributed by atoms with Crippen LogP contribution < -0.4 is 11.5 Å². The molecule has 0 saturated carbocycles. The Labute approximate surface area is 92.2 Å². The normalized spacial score (nSPS) is 24.4. The van der Waals surface area contributed by atoms with E-state index in [1.165, 1.54) is 0 Å². The van der Waals surface area contributed by atoms with Crippen LogP contribution in [0.5, 0.6) is 0 Å². The first-order chi connectivity index (χ1) is 7.52. The van der Waals surface area contributed by atoms with Crippen LogP contribution in [-0.4, -0.2) is 28.7 Å². The van der Waals surface area contributed by atoms with Crippen LogP contribution >= 0.6 is 0 Å². The Morgan fingerprint density at radius 3 is 2.81 bits per heavy atom. The van der Waals surface area contributed by atoms with Gasteiger partial charge < -0.3 is 20.6 Å². The molecule has 2 rings (SSSR count). The Balaban J connectivity index is 2.29. The topological polar surface area (TPSA) is 113 Å². The maximum absolute atomic E-state index is 5.80. The summed E-state index contributed by atoms with van der Waals surface area (Å²) >= 11 is 0. The first kappa shape index (κ1) is 10.8. The van der Waals surface area contributed by atoms with E-state index in [0.717, 1.165) is 0 Å². The van der Waals surface area contributed by atoms with E-state index in [1.807, 2.05) is 0 Å². The largest absolute Gasteiger partial charge is 0.417 e. The summed E-state index contributed by atoms with van der Waals surface area (Å²) < 4.78 is 10.2.